The number of benzene rings is 2. The number of hydrogen-bond acceptors (Lipinski definition) is 2. The predicted molar refractivity (Wildman–Crippen MR) is 73.4 cm³/mol. The first-order chi connectivity index (χ1) is 8.74. The summed E-state index contributed by atoms with van der Waals surface area (Å²) in [4.78, 5) is 0. The zero-order chi connectivity index (χ0) is 13.4. The smallest absolute Gasteiger partial charge is 0.123 e. The van der Waals surface area contributed by atoms with E-state index in [-0.39, 0.29) is 5.82 Å². The van der Waals surface area contributed by atoms with E-state index in [0.29, 0.717) is 12.3 Å². The van der Waals surface area contributed by atoms with Crippen molar-refractivity contribution in [1.82, 2.24) is 0 Å². The van der Waals surface area contributed by atoms with Crippen LogP contribution in [0.5, 0.6) is 5.75 Å². The van der Waals surface area contributed by atoms with Gasteiger partial charge in [0.2, 0.25) is 0 Å². The van der Waals surface area contributed by atoms with Crippen molar-refractivity contribution < 1.29 is 9.13 Å². The Morgan fingerprint density at radius 2 is 1.78 bits per heavy atom. The summed E-state index contributed by atoms with van der Waals surface area (Å²) in [5.74, 6) is 0.469. The van der Waals surface area contributed by atoms with Crippen molar-refractivity contribution in [3.05, 3.63) is 59.9 Å². The quantitative estimate of drug-likeness (QED) is 0.677. The normalized spacial score (nSPS) is 9.28. The van der Waals surface area contributed by atoms with Crippen molar-refractivity contribution in [2.75, 3.05) is 12.1 Å². The van der Waals surface area contributed by atoms with E-state index in [1.807, 2.05) is 6.07 Å². The van der Waals surface area contributed by atoms with Crippen LogP contribution in [0.1, 0.15) is 5.56 Å². The first-order valence-corrected chi connectivity index (χ1v) is 6.10. The van der Waals surface area contributed by atoms with E-state index >= 15 is 0 Å². The molecule has 4 heteroatoms. The van der Waals surface area contributed by atoms with E-state index in [1.54, 1.807) is 30.3 Å². The molecule has 0 radical (unpaired) electrons. The van der Waals surface area contributed by atoms with Crippen LogP contribution in [0.4, 0.5) is 10.1 Å². The van der Waals surface area contributed by atoms with E-state index in [2.05, 4.69) is 11.6 Å². The number of nitrogen functional groups attached to an aromatic ring is 1. The zero-order valence-electron chi connectivity index (χ0n) is 10.1. The minimum Gasteiger partial charge on any atom is -0.489 e. The van der Waals surface area contributed by atoms with Crippen molar-refractivity contribution in [3.63, 3.8) is 0 Å². The van der Waals surface area contributed by atoms with E-state index in [4.69, 9.17) is 10.5 Å². The number of halogens is 2. The molecule has 0 heterocycles. The lowest BCUT2D eigenvalue weighted by atomic mass is 10.2. The van der Waals surface area contributed by atoms with E-state index in [0.717, 1.165) is 11.3 Å². The van der Waals surface area contributed by atoms with Gasteiger partial charge < -0.3 is 10.5 Å². The van der Waals surface area contributed by atoms with Gasteiger partial charge in [0.15, 0.2) is 0 Å². The minimum absolute atomic E-state index is 0.251. The summed E-state index contributed by atoms with van der Waals surface area (Å²) in [7, 11) is 0. The van der Waals surface area contributed by atoms with Gasteiger partial charge in [-0.2, -0.15) is 0 Å². The molecule has 0 aromatic heterocycles. The SMILES string of the molecule is CCl.Nc1ccc(OCc2cccc(F)c2)cc1. The molecule has 2 aromatic carbocycles. The molecule has 0 atom stereocenters. The molecule has 0 unspecified atom stereocenters. The molecule has 0 aliphatic carbocycles. The number of ether oxygens (including phenoxy) is 1. The van der Waals surface area contributed by atoms with Crippen LogP contribution in [0.15, 0.2) is 48.5 Å². The van der Waals surface area contributed by atoms with Crippen LogP contribution in [0, 0.1) is 5.82 Å². The monoisotopic (exact) mass is 267 g/mol. The largest absolute Gasteiger partial charge is 0.489 e. The summed E-state index contributed by atoms with van der Waals surface area (Å²) in [5, 5.41) is 0. The second-order valence-electron chi connectivity index (χ2n) is 3.49. The van der Waals surface area contributed by atoms with Crippen molar-refractivity contribution in [2.45, 2.75) is 6.61 Å². The number of hydrogen-bond donors (Lipinski definition) is 1. The molecule has 0 bridgehead atoms. The predicted octanol–water partition coefficient (Wildman–Crippen LogP) is 3.84. The van der Waals surface area contributed by atoms with Crippen molar-refractivity contribution >= 4 is 17.3 Å². The van der Waals surface area contributed by atoms with Gasteiger partial charge in [-0.25, -0.2) is 4.39 Å². The van der Waals surface area contributed by atoms with Crippen LogP contribution in [0.2, 0.25) is 0 Å². The molecule has 2 nitrogen and oxygen atoms in total. The lowest BCUT2D eigenvalue weighted by molar-refractivity contribution is 0.305. The van der Waals surface area contributed by atoms with Crippen LogP contribution < -0.4 is 10.5 Å². The molecular weight excluding hydrogens is 253 g/mol. The Kier molecular flexibility index (Phi) is 6.01. The summed E-state index contributed by atoms with van der Waals surface area (Å²) in [6, 6.07) is 13.5. The number of anilines is 1. The fraction of sp³-hybridized carbons (Fsp3) is 0.143. The molecule has 0 amide bonds. The second kappa shape index (κ2) is 7.56. The van der Waals surface area contributed by atoms with E-state index in [9.17, 15) is 4.39 Å². The first-order valence-electron chi connectivity index (χ1n) is 5.34. The third kappa shape index (κ3) is 4.63. The molecule has 2 N–H and O–H groups in total. The van der Waals surface area contributed by atoms with Crippen LogP contribution in [0.25, 0.3) is 0 Å². The van der Waals surface area contributed by atoms with Gasteiger partial charge in [0, 0.05) is 12.1 Å². The fourth-order valence-electron chi connectivity index (χ4n) is 1.36. The van der Waals surface area contributed by atoms with E-state index in [1.165, 1.54) is 18.5 Å². The Morgan fingerprint density at radius 1 is 1.11 bits per heavy atom. The van der Waals surface area contributed by atoms with Crippen LogP contribution in [-0.4, -0.2) is 6.38 Å². The lowest BCUT2D eigenvalue weighted by Gasteiger charge is -2.06. The number of rotatable bonds is 3. The average Bonchev–Trinajstić information content (AvgIpc) is 2.41. The van der Waals surface area contributed by atoms with Crippen LogP contribution in [-0.2, 0) is 6.61 Å². The van der Waals surface area contributed by atoms with Gasteiger partial charge in [-0.15, -0.1) is 11.6 Å². The van der Waals surface area contributed by atoms with Gasteiger partial charge in [-0.05, 0) is 42.0 Å². The Bertz CT molecular complexity index is 473. The van der Waals surface area contributed by atoms with Gasteiger partial charge in [-0.3, -0.25) is 0 Å². The highest BCUT2D eigenvalue weighted by atomic mass is 35.5. The highest BCUT2D eigenvalue weighted by molar-refractivity contribution is 6.15. The Balaban J connectivity index is 0.000000771. The maximum atomic E-state index is 12.9. The maximum absolute atomic E-state index is 12.9. The molecule has 96 valence electrons. The minimum atomic E-state index is -0.251. The molecular formula is C14H15ClFNO. The second-order valence-corrected chi connectivity index (χ2v) is 3.49. The summed E-state index contributed by atoms with van der Waals surface area (Å²) < 4.78 is 18.4. The summed E-state index contributed by atoms with van der Waals surface area (Å²) in [6.07, 6.45) is 1.47. The summed E-state index contributed by atoms with van der Waals surface area (Å²) in [5.41, 5.74) is 7.04. The Labute approximate surface area is 111 Å². The highest BCUT2D eigenvalue weighted by Gasteiger charge is 1.97. The lowest BCUT2D eigenvalue weighted by Crippen LogP contribution is -1.96. The van der Waals surface area contributed by atoms with Crippen LogP contribution in [0.3, 0.4) is 0 Å². The third-order valence-electron chi connectivity index (χ3n) is 2.17. The molecule has 2 aromatic rings. The van der Waals surface area contributed by atoms with Crippen molar-refractivity contribution in [2.24, 2.45) is 0 Å². The average molecular weight is 268 g/mol. The molecule has 18 heavy (non-hydrogen) atoms. The fourth-order valence-corrected chi connectivity index (χ4v) is 1.36. The van der Waals surface area contributed by atoms with Crippen LogP contribution >= 0.6 is 11.6 Å². The molecule has 0 aliphatic rings. The Hall–Kier alpha value is -1.74. The Morgan fingerprint density at radius 3 is 2.39 bits per heavy atom. The van der Waals surface area contributed by atoms with Gasteiger partial charge in [0.1, 0.15) is 18.2 Å². The van der Waals surface area contributed by atoms with Crippen molar-refractivity contribution in [1.29, 1.82) is 0 Å². The molecule has 2 rings (SSSR count). The molecule has 0 aliphatic heterocycles. The molecule has 0 fully saturated rings. The number of alkyl halides is 1. The van der Waals surface area contributed by atoms with Crippen molar-refractivity contribution in [3.8, 4) is 5.75 Å². The van der Waals surface area contributed by atoms with Gasteiger partial charge in [0.25, 0.3) is 0 Å². The highest BCUT2D eigenvalue weighted by Crippen LogP contribution is 2.15. The van der Waals surface area contributed by atoms with Gasteiger partial charge >= 0.3 is 0 Å². The first kappa shape index (κ1) is 14.3. The zero-order valence-corrected chi connectivity index (χ0v) is 10.8. The number of nitrogens with two attached hydrogens (primary N) is 1. The maximum Gasteiger partial charge on any atom is 0.123 e. The van der Waals surface area contributed by atoms with E-state index < -0.39 is 0 Å². The van der Waals surface area contributed by atoms with Gasteiger partial charge in [-0.1, -0.05) is 12.1 Å². The standard InChI is InChI=1S/C13H12FNO.CH3Cl/c14-11-3-1-2-10(8-11)9-16-13-6-4-12(15)5-7-13;1-2/h1-8H,9,15H2;1H3. The topological polar surface area (TPSA) is 35.2 Å². The summed E-state index contributed by atoms with van der Waals surface area (Å²) >= 11 is 4.64. The summed E-state index contributed by atoms with van der Waals surface area (Å²) in [6.45, 7) is 0.349. The molecule has 0 spiro atoms. The molecule has 0 saturated carbocycles. The van der Waals surface area contributed by atoms with Gasteiger partial charge in [0.05, 0.1) is 0 Å². The molecule has 0 saturated heterocycles. The third-order valence-corrected chi connectivity index (χ3v) is 2.17.